The second-order valence-corrected chi connectivity index (χ2v) is 2.21. The van der Waals surface area contributed by atoms with Crippen LogP contribution >= 0.6 is 0 Å². The molecule has 0 aromatic carbocycles. The van der Waals surface area contributed by atoms with E-state index in [1.54, 1.807) is 0 Å². The van der Waals surface area contributed by atoms with E-state index in [2.05, 4.69) is 9.47 Å². The van der Waals surface area contributed by atoms with Crippen LogP contribution in [-0.2, 0) is 18.9 Å². The summed E-state index contributed by atoms with van der Waals surface area (Å²) in [4.78, 5) is 0. The molecule has 0 unspecified atom stereocenters. The van der Waals surface area contributed by atoms with Crippen molar-refractivity contribution in [2.75, 3.05) is 41.0 Å². The molecule has 5 nitrogen and oxygen atoms in total. The Morgan fingerprint density at radius 2 is 1.42 bits per heavy atom. The lowest BCUT2D eigenvalue weighted by molar-refractivity contribution is -0.101. The lowest BCUT2D eigenvalue weighted by atomic mass is 10.4. The van der Waals surface area contributed by atoms with Crippen molar-refractivity contribution in [2.24, 2.45) is 0 Å². The van der Waals surface area contributed by atoms with Gasteiger partial charge in [0.05, 0.1) is 13.2 Å². The summed E-state index contributed by atoms with van der Waals surface area (Å²) < 4.78 is 19.0. The van der Waals surface area contributed by atoms with E-state index in [-0.39, 0.29) is 26.8 Å². The highest BCUT2D eigenvalue weighted by Gasteiger charge is 2.03. The molecule has 0 radical (unpaired) electrons. The quantitative estimate of drug-likeness (QED) is 0.406. The molecule has 74 valence electrons. The normalized spacial score (nSPS) is 11.0. The Morgan fingerprint density at radius 3 is 1.75 bits per heavy atom. The minimum absolute atomic E-state index is 0.182. The van der Waals surface area contributed by atoms with Crippen molar-refractivity contribution in [3.05, 3.63) is 0 Å². The minimum Gasteiger partial charge on any atom is -0.388 e. The van der Waals surface area contributed by atoms with Crippen molar-refractivity contribution in [3.63, 3.8) is 0 Å². The summed E-state index contributed by atoms with van der Waals surface area (Å²) in [7, 11) is 3.04. The highest BCUT2D eigenvalue weighted by molar-refractivity contribution is 4.49. The van der Waals surface area contributed by atoms with Crippen molar-refractivity contribution < 1.29 is 24.1 Å². The number of ether oxygens (including phenoxy) is 4. The molecule has 0 aliphatic rings. The zero-order valence-electron chi connectivity index (χ0n) is 7.49. The predicted octanol–water partition coefficient (Wildman–Crippen LogP) is -0.412. The second-order valence-electron chi connectivity index (χ2n) is 2.21. The van der Waals surface area contributed by atoms with Crippen molar-refractivity contribution in [2.45, 2.75) is 6.10 Å². The van der Waals surface area contributed by atoms with Gasteiger partial charge in [-0.15, -0.1) is 0 Å². The number of hydrogen-bond donors (Lipinski definition) is 1. The zero-order chi connectivity index (χ0) is 9.23. The van der Waals surface area contributed by atoms with E-state index in [9.17, 15) is 0 Å². The smallest absolute Gasteiger partial charge is 0.146 e. The van der Waals surface area contributed by atoms with Crippen LogP contribution in [0.5, 0.6) is 0 Å². The summed E-state index contributed by atoms with van der Waals surface area (Å²) in [6, 6.07) is 0. The third kappa shape index (κ3) is 7.90. The van der Waals surface area contributed by atoms with E-state index in [4.69, 9.17) is 14.6 Å². The topological polar surface area (TPSA) is 57.2 Å². The Kier molecular flexibility index (Phi) is 8.74. The van der Waals surface area contributed by atoms with Crippen LogP contribution in [-0.4, -0.2) is 52.2 Å². The van der Waals surface area contributed by atoms with Crippen molar-refractivity contribution in [1.82, 2.24) is 0 Å². The van der Waals surface area contributed by atoms with E-state index >= 15 is 0 Å². The van der Waals surface area contributed by atoms with Gasteiger partial charge in [0, 0.05) is 14.2 Å². The van der Waals surface area contributed by atoms with Crippen LogP contribution in [0.15, 0.2) is 0 Å². The number of aliphatic hydroxyl groups is 1. The van der Waals surface area contributed by atoms with Gasteiger partial charge in [-0.05, 0) is 0 Å². The molecule has 0 rings (SSSR count). The van der Waals surface area contributed by atoms with E-state index < -0.39 is 6.10 Å². The highest BCUT2D eigenvalue weighted by atomic mass is 16.7. The molecule has 1 N–H and O–H groups in total. The summed E-state index contributed by atoms with van der Waals surface area (Å²) in [6.07, 6.45) is -0.629. The van der Waals surface area contributed by atoms with Crippen LogP contribution in [0, 0.1) is 0 Å². The first-order valence-corrected chi connectivity index (χ1v) is 3.62. The summed E-state index contributed by atoms with van der Waals surface area (Å²) in [5, 5.41) is 9.14. The molecule has 0 aromatic rings. The van der Waals surface area contributed by atoms with Gasteiger partial charge in [0.2, 0.25) is 0 Å². The average molecular weight is 180 g/mol. The summed E-state index contributed by atoms with van der Waals surface area (Å²) in [5.74, 6) is 0. The Balaban J connectivity index is 3.04. The van der Waals surface area contributed by atoms with Crippen LogP contribution in [0.3, 0.4) is 0 Å². The molecule has 0 bridgehead atoms. The largest absolute Gasteiger partial charge is 0.388 e. The van der Waals surface area contributed by atoms with Gasteiger partial charge < -0.3 is 24.1 Å². The zero-order valence-corrected chi connectivity index (χ0v) is 7.49. The van der Waals surface area contributed by atoms with Crippen LogP contribution in [0.2, 0.25) is 0 Å². The Morgan fingerprint density at radius 1 is 1.00 bits per heavy atom. The average Bonchev–Trinajstić information content (AvgIpc) is 2.06. The maximum atomic E-state index is 9.14. The van der Waals surface area contributed by atoms with Crippen molar-refractivity contribution >= 4 is 0 Å². The van der Waals surface area contributed by atoms with Gasteiger partial charge in [-0.1, -0.05) is 0 Å². The first-order chi connectivity index (χ1) is 5.81. The molecule has 0 aliphatic carbocycles. The third-order valence-corrected chi connectivity index (χ3v) is 1.02. The molecule has 0 heterocycles. The Labute approximate surface area is 72.2 Å². The number of methoxy groups -OCH3 is 2. The maximum absolute atomic E-state index is 9.14. The SMILES string of the molecule is COCOCC(O)COCOC. The Bertz CT molecular complexity index is 77.9. The minimum atomic E-state index is -0.629. The summed E-state index contributed by atoms with van der Waals surface area (Å²) in [6.45, 7) is 0.776. The molecular weight excluding hydrogens is 164 g/mol. The summed E-state index contributed by atoms with van der Waals surface area (Å²) in [5.41, 5.74) is 0. The van der Waals surface area contributed by atoms with Crippen LogP contribution in [0.25, 0.3) is 0 Å². The van der Waals surface area contributed by atoms with Gasteiger partial charge in [0.1, 0.15) is 19.7 Å². The fourth-order valence-electron chi connectivity index (χ4n) is 0.583. The highest BCUT2D eigenvalue weighted by Crippen LogP contribution is 1.87. The van der Waals surface area contributed by atoms with Gasteiger partial charge in [0.25, 0.3) is 0 Å². The van der Waals surface area contributed by atoms with Gasteiger partial charge in [0.15, 0.2) is 0 Å². The van der Waals surface area contributed by atoms with Crippen molar-refractivity contribution in [1.29, 1.82) is 0 Å². The van der Waals surface area contributed by atoms with E-state index in [1.165, 1.54) is 14.2 Å². The molecule has 0 aliphatic heterocycles. The summed E-state index contributed by atoms with van der Waals surface area (Å²) >= 11 is 0. The molecule has 0 atom stereocenters. The standard InChI is InChI=1S/C7H16O5/c1-9-5-11-3-7(8)4-12-6-10-2/h7-8H,3-6H2,1-2H3. The monoisotopic (exact) mass is 180 g/mol. The molecule has 0 saturated heterocycles. The molecule has 0 fully saturated rings. The van der Waals surface area contributed by atoms with Gasteiger partial charge in [-0.2, -0.15) is 0 Å². The fourth-order valence-corrected chi connectivity index (χ4v) is 0.583. The molecule has 0 saturated carbocycles. The van der Waals surface area contributed by atoms with Crippen LogP contribution in [0.1, 0.15) is 0 Å². The molecule has 0 spiro atoms. The first-order valence-electron chi connectivity index (χ1n) is 3.62. The molecule has 0 aromatic heterocycles. The third-order valence-electron chi connectivity index (χ3n) is 1.02. The fraction of sp³-hybridized carbons (Fsp3) is 1.00. The molecule has 0 amide bonds. The predicted molar refractivity (Wildman–Crippen MR) is 41.7 cm³/mol. The van der Waals surface area contributed by atoms with E-state index in [1.807, 2.05) is 0 Å². The van der Waals surface area contributed by atoms with Crippen molar-refractivity contribution in [3.8, 4) is 0 Å². The lowest BCUT2D eigenvalue weighted by Gasteiger charge is -2.10. The second kappa shape index (κ2) is 8.89. The number of hydrogen-bond acceptors (Lipinski definition) is 5. The van der Waals surface area contributed by atoms with Crippen LogP contribution < -0.4 is 0 Å². The number of aliphatic hydroxyl groups excluding tert-OH is 1. The van der Waals surface area contributed by atoms with E-state index in [0.717, 1.165) is 0 Å². The Hall–Kier alpha value is -0.200. The molecular formula is C7H16O5. The van der Waals surface area contributed by atoms with Gasteiger partial charge >= 0.3 is 0 Å². The lowest BCUT2D eigenvalue weighted by Crippen LogP contribution is -2.22. The van der Waals surface area contributed by atoms with Gasteiger partial charge in [-0.25, -0.2) is 0 Å². The molecule has 5 heteroatoms. The van der Waals surface area contributed by atoms with Crippen LogP contribution in [0.4, 0.5) is 0 Å². The first kappa shape index (κ1) is 11.8. The van der Waals surface area contributed by atoms with E-state index in [0.29, 0.717) is 0 Å². The number of rotatable bonds is 8. The molecule has 12 heavy (non-hydrogen) atoms. The van der Waals surface area contributed by atoms with Gasteiger partial charge in [-0.3, -0.25) is 0 Å². The maximum Gasteiger partial charge on any atom is 0.146 e.